The lowest BCUT2D eigenvalue weighted by molar-refractivity contribution is -0.192. The molecule has 0 saturated heterocycles. The summed E-state index contributed by atoms with van der Waals surface area (Å²) in [6.07, 6.45) is -1.41. The molecule has 1 atom stereocenters. The van der Waals surface area contributed by atoms with Gasteiger partial charge < -0.3 is 15.6 Å². The minimum Gasteiger partial charge on any atom is -0.495 e. The van der Waals surface area contributed by atoms with E-state index in [2.05, 4.69) is 10.1 Å². The Morgan fingerprint density at radius 2 is 1.60 bits per heavy atom. The highest BCUT2D eigenvalue weighted by molar-refractivity contribution is 7.90. The predicted octanol–water partition coefficient (Wildman–Crippen LogP) is 5.90. The van der Waals surface area contributed by atoms with Crippen LogP contribution in [0.4, 0.5) is 29.2 Å². The first-order valence-corrected chi connectivity index (χ1v) is 17.8. The maximum Gasteiger partial charge on any atom is 0.490 e. The van der Waals surface area contributed by atoms with Gasteiger partial charge in [0.1, 0.15) is 17.3 Å². The van der Waals surface area contributed by atoms with Crippen molar-refractivity contribution >= 4 is 44.8 Å². The van der Waals surface area contributed by atoms with Crippen molar-refractivity contribution in [1.82, 2.24) is 14.6 Å². The van der Waals surface area contributed by atoms with Crippen molar-refractivity contribution in [3.8, 4) is 16.9 Å². The first-order chi connectivity index (χ1) is 24.9. The summed E-state index contributed by atoms with van der Waals surface area (Å²) in [6, 6.07) is 21.5. The molecule has 280 valence electrons. The maximum atomic E-state index is 13.4. The standard InChI is InChI=1S/C34H34FN5O5S.C2HF3O2/c1-22(24-10-13-27(35)14-11-24)30(41)19-23-6-8-25(9-7-23)26-12-17-32-37-34(38-39(32)21-26)40(33(42)5-4-18-36)29-16-15-28(46(3,43)44)20-31(29)45-2;3-2(4,5)1(6)7/h6-17,20-22H,4-5,18-19,36H2,1-3H3;(H,6,7)/t22-;/m1./s1. The average Bonchev–Trinajstić information content (AvgIpc) is 3.53. The van der Waals surface area contributed by atoms with Crippen molar-refractivity contribution in [2.45, 2.75) is 43.2 Å². The second kappa shape index (κ2) is 16.8. The molecule has 12 nitrogen and oxygen atoms in total. The number of amides is 1. The van der Waals surface area contributed by atoms with E-state index in [9.17, 15) is 35.6 Å². The summed E-state index contributed by atoms with van der Waals surface area (Å²) in [5.74, 6) is -3.48. The zero-order chi connectivity index (χ0) is 39.1. The van der Waals surface area contributed by atoms with E-state index in [4.69, 9.17) is 20.4 Å². The molecule has 2 aromatic heterocycles. The van der Waals surface area contributed by atoms with Gasteiger partial charge in [-0.2, -0.15) is 18.2 Å². The van der Waals surface area contributed by atoms with Gasteiger partial charge >= 0.3 is 12.1 Å². The van der Waals surface area contributed by atoms with Crippen LogP contribution in [0.3, 0.4) is 0 Å². The van der Waals surface area contributed by atoms with Gasteiger partial charge in [0, 0.05) is 42.8 Å². The van der Waals surface area contributed by atoms with Crippen LogP contribution in [-0.4, -0.2) is 71.9 Å². The molecule has 2 heterocycles. The number of carboxylic acid groups (broad SMARTS) is 1. The molecule has 0 aliphatic rings. The third-order valence-corrected chi connectivity index (χ3v) is 9.06. The number of nitrogens with two attached hydrogens (primary N) is 1. The zero-order valence-electron chi connectivity index (χ0n) is 28.7. The molecule has 0 unspecified atom stereocenters. The molecular formula is C36H35F4N5O7S. The topological polar surface area (TPSA) is 174 Å². The fourth-order valence-electron chi connectivity index (χ4n) is 5.04. The first kappa shape index (κ1) is 40.1. The zero-order valence-corrected chi connectivity index (χ0v) is 29.5. The number of sulfone groups is 1. The molecule has 0 spiro atoms. The number of ketones is 1. The number of aromatic nitrogens is 3. The number of carboxylic acids is 1. The Bertz CT molecular complexity index is 2210. The number of ether oxygens (including phenoxy) is 1. The van der Waals surface area contributed by atoms with Crippen LogP contribution in [0.25, 0.3) is 16.8 Å². The second-order valence-corrected chi connectivity index (χ2v) is 13.8. The normalized spacial score (nSPS) is 12.1. The number of Topliss-reactive ketones (excluding diaryl/α,β-unsaturated/α-hetero) is 1. The van der Waals surface area contributed by atoms with Gasteiger partial charge in [-0.15, -0.1) is 5.10 Å². The van der Waals surface area contributed by atoms with Crippen molar-refractivity contribution in [2.75, 3.05) is 24.8 Å². The Hall–Kier alpha value is -5.68. The molecule has 3 N–H and O–H groups in total. The summed E-state index contributed by atoms with van der Waals surface area (Å²) in [5.41, 5.74) is 9.79. The fraction of sp³-hybridized carbons (Fsp3) is 0.250. The number of nitrogens with zero attached hydrogens (tertiary/aromatic N) is 4. The van der Waals surface area contributed by atoms with E-state index < -0.39 is 22.0 Å². The van der Waals surface area contributed by atoms with E-state index in [0.29, 0.717) is 24.3 Å². The smallest absolute Gasteiger partial charge is 0.490 e. The van der Waals surface area contributed by atoms with Crippen molar-refractivity contribution < 1.29 is 50.2 Å². The molecule has 0 saturated carbocycles. The Morgan fingerprint density at radius 3 is 2.17 bits per heavy atom. The van der Waals surface area contributed by atoms with E-state index in [0.717, 1.165) is 28.5 Å². The molecule has 5 aromatic rings. The van der Waals surface area contributed by atoms with Crippen LogP contribution in [0.15, 0.2) is 90.0 Å². The van der Waals surface area contributed by atoms with Crippen molar-refractivity contribution in [3.63, 3.8) is 0 Å². The third kappa shape index (κ3) is 10.2. The van der Waals surface area contributed by atoms with Crippen molar-refractivity contribution in [3.05, 3.63) is 102 Å². The molecule has 3 aromatic carbocycles. The number of fused-ring (bicyclic) bond motifs is 1. The van der Waals surface area contributed by atoms with Gasteiger partial charge in [-0.1, -0.05) is 43.3 Å². The number of carbonyl (C=O) groups is 3. The van der Waals surface area contributed by atoms with Crippen molar-refractivity contribution in [2.24, 2.45) is 5.73 Å². The largest absolute Gasteiger partial charge is 0.495 e. The quantitative estimate of drug-likeness (QED) is 0.146. The van der Waals surface area contributed by atoms with Crippen LogP contribution >= 0.6 is 0 Å². The van der Waals surface area contributed by atoms with Gasteiger partial charge in [0.25, 0.3) is 5.95 Å². The number of anilines is 2. The molecule has 53 heavy (non-hydrogen) atoms. The molecule has 0 radical (unpaired) electrons. The number of methoxy groups -OCH3 is 1. The molecule has 0 fully saturated rings. The summed E-state index contributed by atoms with van der Waals surface area (Å²) >= 11 is 0. The molecule has 0 aliphatic carbocycles. The number of hydrogen-bond donors (Lipinski definition) is 2. The van der Waals surface area contributed by atoms with Gasteiger partial charge in [0.05, 0.1) is 17.7 Å². The highest BCUT2D eigenvalue weighted by Gasteiger charge is 2.38. The summed E-state index contributed by atoms with van der Waals surface area (Å²) in [6.45, 7) is 2.13. The van der Waals surface area contributed by atoms with Gasteiger partial charge in [0.2, 0.25) is 5.91 Å². The number of pyridine rings is 1. The summed E-state index contributed by atoms with van der Waals surface area (Å²) < 4.78 is 76.4. The van der Waals surface area contributed by atoms with Gasteiger partial charge in [-0.25, -0.2) is 27.0 Å². The van der Waals surface area contributed by atoms with E-state index in [1.807, 2.05) is 37.3 Å². The predicted molar refractivity (Wildman–Crippen MR) is 187 cm³/mol. The number of benzene rings is 3. The number of hydrogen-bond acceptors (Lipinski definition) is 9. The van der Waals surface area contributed by atoms with Gasteiger partial charge in [0.15, 0.2) is 15.5 Å². The van der Waals surface area contributed by atoms with E-state index in [1.165, 1.54) is 42.3 Å². The average molecular weight is 758 g/mol. The number of alkyl halides is 3. The number of aliphatic carboxylic acids is 1. The summed E-state index contributed by atoms with van der Waals surface area (Å²) in [5, 5.41) is 11.7. The van der Waals surface area contributed by atoms with E-state index in [1.54, 1.807) is 28.9 Å². The van der Waals surface area contributed by atoms with Crippen molar-refractivity contribution in [1.29, 1.82) is 0 Å². The third-order valence-electron chi connectivity index (χ3n) is 7.95. The fourth-order valence-corrected chi connectivity index (χ4v) is 5.67. The molecule has 5 rings (SSSR count). The highest BCUT2D eigenvalue weighted by atomic mass is 32.2. The summed E-state index contributed by atoms with van der Waals surface area (Å²) in [4.78, 5) is 41.2. The minimum absolute atomic E-state index is 0.0316. The lowest BCUT2D eigenvalue weighted by Crippen LogP contribution is -2.28. The molecule has 17 heteroatoms. The Labute approximate surface area is 301 Å². The number of rotatable bonds is 12. The van der Waals surface area contributed by atoms with Crippen LogP contribution in [0, 0.1) is 5.82 Å². The SMILES string of the molecule is COc1cc(S(C)(=O)=O)ccc1N(C(=O)CCCN)c1nc2ccc(-c3ccc(CC(=O)[C@H](C)c4ccc(F)cc4)cc3)cn2n1.O=C(O)C(F)(F)F. The number of halogens is 4. The molecular weight excluding hydrogens is 722 g/mol. The maximum absolute atomic E-state index is 13.4. The van der Waals surface area contributed by atoms with Crippen LogP contribution < -0.4 is 15.4 Å². The Balaban J connectivity index is 0.000000815. The van der Waals surface area contributed by atoms with Crippen LogP contribution in [-0.2, 0) is 30.6 Å². The monoisotopic (exact) mass is 757 g/mol. The molecule has 0 aliphatic heterocycles. The van der Waals surface area contributed by atoms with E-state index in [-0.39, 0.29) is 52.9 Å². The van der Waals surface area contributed by atoms with Crippen LogP contribution in [0.2, 0.25) is 0 Å². The Kier molecular flexibility index (Phi) is 12.7. The molecule has 1 amide bonds. The lowest BCUT2D eigenvalue weighted by atomic mass is 9.92. The highest BCUT2D eigenvalue weighted by Crippen LogP contribution is 2.35. The lowest BCUT2D eigenvalue weighted by Gasteiger charge is -2.22. The van der Waals surface area contributed by atoms with Crippen LogP contribution in [0.5, 0.6) is 5.75 Å². The van der Waals surface area contributed by atoms with Gasteiger partial charge in [-0.05, 0) is 66.1 Å². The first-order valence-electron chi connectivity index (χ1n) is 15.9. The summed E-state index contributed by atoms with van der Waals surface area (Å²) in [7, 11) is -2.12. The van der Waals surface area contributed by atoms with E-state index >= 15 is 0 Å². The van der Waals surface area contributed by atoms with Gasteiger partial charge in [-0.3, -0.25) is 9.59 Å². The molecule has 0 bridgehead atoms. The minimum atomic E-state index is -5.08. The number of carbonyl (C=O) groups excluding carboxylic acids is 2. The van der Waals surface area contributed by atoms with Crippen LogP contribution in [0.1, 0.15) is 36.8 Å². The second-order valence-electron chi connectivity index (χ2n) is 11.8. The Morgan fingerprint density at radius 1 is 0.981 bits per heavy atom.